The molecule has 1 atom stereocenters. The molecule has 1 aliphatic carbocycles. The fourth-order valence-electron chi connectivity index (χ4n) is 2.75. The zero-order valence-corrected chi connectivity index (χ0v) is 15.3. The second-order valence-corrected chi connectivity index (χ2v) is 8.34. The molecule has 1 aromatic rings. The molecule has 0 heterocycles. The van der Waals surface area contributed by atoms with Crippen LogP contribution in [0.25, 0.3) is 0 Å². The Balaban J connectivity index is 1.91. The van der Waals surface area contributed by atoms with Crippen LogP contribution in [0.3, 0.4) is 0 Å². The van der Waals surface area contributed by atoms with Crippen molar-refractivity contribution in [3.05, 3.63) is 24.3 Å². The molecular weight excluding hydrogens is 328 g/mol. The van der Waals surface area contributed by atoms with Crippen molar-refractivity contribution in [1.29, 1.82) is 0 Å². The van der Waals surface area contributed by atoms with Gasteiger partial charge in [0, 0.05) is 13.1 Å². The molecule has 7 heteroatoms. The number of carbonyl (C=O) groups excluding carboxylic acids is 1. The van der Waals surface area contributed by atoms with E-state index in [1.165, 1.54) is 17.8 Å². The Labute approximate surface area is 144 Å². The standard InChI is InChI=1S/C17H26N2O4S/c1-13(17(20)18-14-7-5-4-6-8-14)23-16-11-9-15(10-12-16)19(2)24(3,21)22/h9-14H,4-8H2,1-3H3,(H,18,20)/t13-/m1/s1. The van der Waals surface area contributed by atoms with Gasteiger partial charge in [-0.05, 0) is 44.0 Å². The zero-order chi connectivity index (χ0) is 17.7. The number of rotatable bonds is 6. The van der Waals surface area contributed by atoms with Gasteiger partial charge < -0.3 is 10.1 Å². The van der Waals surface area contributed by atoms with E-state index in [1.807, 2.05) is 0 Å². The number of hydrogen-bond donors (Lipinski definition) is 1. The first-order valence-electron chi connectivity index (χ1n) is 8.28. The minimum atomic E-state index is -3.29. The van der Waals surface area contributed by atoms with E-state index in [1.54, 1.807) is 31.2 Å². The quantitative estimate of drug-likeness (QED) is 0.850. The first-order valence-corrected chi connectivity index (χ1v) is 10.1. The predicted molar refractivity (Wildman–Crippen MR) is 94.8 cm³/mol. The monoisotopic (exact) mass is 354 g/mol. The van der Waals surface area contributed by atoms with E-state index in [-0.39, 0.29) is 11.9 Å². The molecule has 0 bridgehead atoms. The number of carbonyl (C=O) groups is 1. The van der Waals surface area contributed by atoms with Crippen LogP contribution in [0.5, 0.6) is 5.75 Å². The average molecular weight is 354 g/mol. The highest BCUT2D eigenvalue weighted by Crippen LogP contribution is 2.21. The number of anilines is 1. The number of benzene rings is 1. The van der Waals surface area contributed by atoms with Crippen molar-refractivity contribution in [2.24, 2.45) is 0 Å². The van der Waals surface area contributed by atoms with Crippen LogP contribution >= 0.6 is 0 Å². The third kappa shape index (κ3) is 5.12. The normalized spacial score (nSPS) is 17.1. The van der Waals surface area contributed by atoms with Gasteiger partial charge in [0.2, 0.25) is 10.0 Å². The molecule has 6 nitrogen and oxygen atoms in total. The molecule has 1 aromatic carbocycles. The first-order chi connectivity index (χ1) is 11.3. The zero-order valence-electron chi connectivity index (χ0n) is 14.5. The van der Waals surface area contributed by atoms with E-state index in [0.717, 1.165) is 31.9 Å². The van der Waals surface area contributed by atoms with Crippen LogP contribution in [0.2, 0.25) is 0 Å². The fraction of sp³-hybridized carbons (Fsp3) is 0.588. The Morgan fingerprint density at radius 3 is 2.33 bits per heavy atom. The van der Waals surface area contributed by atoms with Gasteiger partial charge in [0.25, 0.3) is 5.91 Å². The van der Waals surface area contributed by atoms with Crippen molar-refractivity contribution >= 4 is 21.6 Å². The highest BCUT2D eigenvalue weighted by atomic mass is 32.2. The number of ether oxygens (including phenoxy) is 1. The molecule has 0 unspecified atom stereocenters. The van der Waals surface area contributed by atoms with Gasteiger partial charge in [0.05, 0.1) is 11.9 Å². The lowest BCUT2D eigenvalue weighted by molar-refractivity contribution is -0.128. The van der Waals surface area contributed by atoms with Crippen molar-refractivity contribution in [3.8, 4) is 5.75 Å². The van der Waals surface area contributed by atoms with E-state index < -0.39 is 16.1 Å². The molecule has 1 saturated carbocycles. The van der Waals surface area contributed by atoms with Crippen LogP contribution in [0.15, 0.2) is 24.3 Å². The third-order valence-electron chi connectivity index (χ3n) is 4.33. The molecule has 2 rings (SSSR count). The van der Waals surface area contributed by atoms with Gasteiger partial charge in [-0.25, -0.2) is 8.42 Å². The molecule has 0 aliphatic heterocycles. The lowest BCUT2D eigenvalue weighted by atomic mass is 9.95. The maximum Gasteiger partial charge on any atom is 0.260 e. The van der Waals surface area contributed by atoms with Crippen molar-refractivity contribution in [2.75, 3.05) is 17.6 Å². The maximum absolute atomic E-state index is 12.2. The largest absolute Gasteiger partial charge is 0.481 e. The molecule has 0 saturated heterocycles. The minimum Gasteiger partial charge on any atom is -0.481 e. The molecule has 1 fully saturated rings. The van der Waals surface area contributed by atoms with Gasteiger partial charge in [-0.2, -0.15) is 0 Å². The van der Waals surface area contributed by atoms with E-state index in [0.29, 0.717) is 11.4 Å². The Morgan fingerprint density at radius 2 is 1.79 bits per heavy atom. The van der Waals surface area contributed by atoms with E-state index >= 15 is 0 Å². The highest BCUT2D eigenvalue weighted by Gasteiger charge is 2.21. The molecular formula is C17H26N2O4S. The highest BCUT2D eigenvalue weighted by molar-refractivity contribution is 7.92. The van der Waals surface area contributed by atoms with Crippen molar-refractivity contribution in [3.63, 3.8) is 0 Å². The minimum absolute atomic E-state index is 0.112. The SMILES string of the molecule is C[C@@H](Oc1ccc(N(C)S(C)(=O)=O)cc1)C(=O)NC1CCCCC1. The summed E-state index contributed by atoms with van der Waals surface area (Å²) >= 11 is 0. The van der Waals surface area contributed by atoms with Crippen LogP contribution in [-0.4, -0.2) is 39.8 Å². The number of nitrogens with one attached hydrogen (secondary N) is 1. The van der Waals surface area contributed by atoms with Crippen LogP contribution in [-0.2, 0) is 14.8 Å². The summed E-state index contributed by atoms with van der Waals surface area (Å²) in [5.74, 6) is 0.422. The van der Waals surface area contributed by atoms with Gasteiger partial charge in [-0.3, -0.25) is 9.10 Å². The molecule has 134 valence electrons. The number of sulfonamides is 1. The van der Waals surface area contributed by atoms with Gasteiger partial charge in [0.15, 0.2) is 6.10 Å². The van der Waals surface area contributed by atoms with Crippen molar-refractivity contribution in [2.45, 2.75) is 51.2 Å². The summed E-state index contributed by atoms with van der Waals surface area (Å²) in [6.07, 6.45) is 6.19. The third-order valence-corrected chi connectivity index (χ3v) is 5.54. The van der Waals surface area contributed by atoms with Crippen LogP contribution in [0.4, 0.5) is 5.69 Å². The molecule has 0 spiro atoms. The Kier molecular flexibility index (Phi) is 6.10. The molecule has 24 heavy (non-hydrogen) atoms. The van der Waals surface area contributed by atoms with Crippen molar-refractivity contribution in [1.82, 2.24) is 5.32 Å². The lowest BCUT2D eigenvalue weighted by Crippen LogP contribution is -2.43. The topological polar surface area (TPSA) is 75.7 Å². The average Bonchev–Trinajstić information content (AvgIpc) is 2.55. The second kappa shape index (κ2) is 7.88. The lowest BCUT2D eigenvalue weighted by Gasteiger charge is -2.24. The molecule has 1 N–H and O–H groups in total. The number of amides is 1. The van der Waals surface area contributed by atoms with Crippen LogP contribution in [0.1, 0.15) is 39.0 Å². The number of hydrogen-bond acceptors (Lipinski definition) is 4. The summed E-state index contributed by atoms with van der Waals surface area (Å²) in [7, 11) is -1.80. The fourth-order valence-corrected chi connectivity index (χ4v) is 3.25. The molecule has 1 aliphatic rings. The summed E-state index contributed by atoms with van der Waals surface area (Å²) < 4.78 is 29.9. The molecule has 0 radical (unpaired) electrons. The summed E-state index contributed by atoms with van der Waals surface area (Å²) in [6.45, 7) is 1.72. The Hall–Kier alpha value is -1.76. The van der Waals surface area contributed by atoms with Gasteiger partial charge in [-0.1, -0.05) is 19.3 Å². The summed E-state index contributed by atoms with van der Waals surface area (Å²) in [5.41, 5.74) is 0.546. The van der Waals surface area contributed by atoms with E-state index in [2.05, 4.69) is 5.32 Å². The van der Waals surface area contributed by atoms with Crippen molar-refractivity contribution < 1.29 is 17.9 Å². The van der Waals surface area contributed by atoms with Gasteiger partial charge in [0.1, 0.15) is 5.75 Å². The number of nitrogens with zero attached hydrogens (tertiary/aromatic N) is 1. The Morgan fingerprint density at radius 1 is 1.21 bits per heavy atom. The summed E-state index contributed by atoms with van der Waals surface area (Å²) in [5, 5.41) is 3.04. The molecule has 1 amide bonds. The van der Waals surface area contributed by atoms with E-state index in [9.17, 15) is 13.2 Å². The van der Waals surface area contributed by atoms with Crippen LogP contribution in [0, 0.1) is 0 Å². The van der Waals surface area contributed by atoms with Gasteiger partial charge >= 0.3 is 0 Å². The first kappa shape index (κ1) is 18.6. The molecule has 0 aromatic heterocycles. The predicted octanol–water partition coefficient (Wildman–Crippen LogP) is 2.30. The van der Waals surface area contributed by atoms with E-state index in [4.69, 9.17) is 4.74 Å². The smallest absolute Gasteiger partial charge is 0.260 e. The summed E-state index contributed by atoms with van der Waals surface area (Å²) in [6, 6.07) is 6.90. The maximum atomic E-state index is 12.2. The summed E-state index contributed by atoms with van der Waals surface area (Å²) in [4.78, 5) is 12.2. The Bertz CT molecular complexity index is 652. The van der Waals surface area contributed by atoms with Crippen LogP contribution < -0.4 is 14.4 Å². The van der Waals surface area contributed by atoms with Gasteiger partial charge in [-0.15, -0.1) is 0 Å². The second-order valence-electron chi connectivity index (χ2n) is 6.33.